The fourth-order valence-electron chi connectivity index (χ4n) is 3.45. The molecule has 26 heavy (non-hydrogen) atoms. The van der Waals surface area contributed by atoms with E-state index in [1.807, 2.05) is 55.5 Å². The van der Waals surface area contributed by atoms with Crippen LogP contribution in [-0.4, -0.2) is 24.2 Å². The van der Waals surface area contributed by atoms with Crippen molar-refractivity contribution in [2.45, 2.75) is 31.6 Å². The Morgan fingerprint density at radius 1 is 1.00 bits per heavy atom. The number of carboxylic acids is 1. The first-order chi connectivity index (χ1) is 12.5. The molecular formula is C22H24O4. The van der Waals surface area contributed by atoms with Gasteiger partial charge in [-0.1, -0.05) is 60.7 Å². The molecular weight excluding hydrogens is 328 g/mol. The quantitative estimate of drug-likeness (QED) is 0.837. The number of benzene rings is 2. The Kier molecular flexibility index (Phi) is 5.12. The van der Waals surface area contributed by atoms with Gasteiger partial charge < -0.3 is 9.84 Å². The summed E-state index contributed by atoms with van der Waals surface area (Å²) in [5.74, 6) is -0.0394. The van der Waals surface area contributed by atoms with Crippen molar-refractivity contribution in [3.63, 3.8) is 0 Å². The maximum atomic E-state index is 11.1. The summed E-state index contributed by atoms with van der Waals surface area (Å²) in [4.78, 5) is 22.0. The summed E-state index contributed by atoms with van der Waals surface area (Å²) < 4.78 is 4.69. The maximum Gasteiger partial charge on any atom is 0.309 e. The summed E-state index contributed by atoms with van der Waals surface area (Å²) in [7, 11) is 1.45. The van der Waals surface area contributed by atoms with Gasteiger partial charge in [-0.15, -0.1) is 0 Å². The summed E-state index contributed by atoms with van der Waals surface area (Å²) in [5.41, 5.74) is 1.88. The molecule has 0 bridgehead atoms. The fourth-order valence-corrected chi connectivity index (χ4v) is 3.45. The number of methoxy groups -OCH3 is 1. The second-order valence-electron chi connectivity index (χ2n) is 7.27. The minimum absolute atomic E-state index is 0.0751. The zero-order valence-corrected chi connectivity index (χ0v) is 15.1. The third kappa shape index (κ3) is 3.79. The Morgan fingerprint density at radius 3 is 2.00 bits per heavy atom. The summed E-state index contributed by atoms with van der Waals surface area (Å²) in [5, 5.41) is 8.94. The van der Waals surface area contributed by atoms with Gasteiger partial charge in [0.25, 0.3) is 0 Å². The van der Waals surface area contributed by atoms with Crippen LogP contribution in [0.3, 0.4) is 0 Å². The number of ether oxygens (including phenoxy) is 1. The molecule has 0 unspecified atom stereocenters. The van der Waals surface area contributed by atoms with E-state index in [0.717, 1.165) is 18.4 Å². The van der Waals surface area contributed by atoms with Gasteiger partial charge >= 0.3 is 11.9 Å². The average Bonchev–Trinajstić information content (AvgIpc) is 3.58. The largest absolute Gasteiger partial charge is 0.481 e. The first kappa shape index (κ1) is 18.2. The molecule has 1 N–H and O–H groups in total. The van der Waals surface area contributed by atoms with Crippen LogP contribution in [0.2, 0.25) is 0 Å². The molecule has 2 aromatic carbocycles. The number of esters is 1. The van der Waals surface area contributed by atoms with Crippen LogP contribution in [0.15, 0.2) is 60.7 Å². The van der Waals surface area contributed by atoms with Gasteiger partial charge in [0.15, 0.2) is 0 Å². The molecule has 0 amide bonds. The smallest absolute Gasteiger partial charge is 0.309 e. The number of carbonyl (C=O) groups is 2. The predicted octanol–water partition coefficient (Wildman–Crippen LogP) is 4.23. The molecule has 4 rings (SSSR count). The van der Waals surface area contributed by atoms with Crippen molar-refractivity contribution in [3.8, 4) is 0 Å². The predicted molar refractivity (Wildman–Crippen MR) is 98.8 cm³/mol. The second kappa shape index (κ2) is 7.32. The van der Waals surface area contributed by atoms with E-state index in [4.69, 9.17) is 5.11 Å². The van der Waals surface area contributed by atoms with E-state index in [-0.39, 0.29) is 17.8 Å². The highest BCUT2D eigenvalue weighted by Crippen LogP contribution is 2.59. The third-order valence-corrected chi connectivity index (χ3v) is 5.45. The molecule has 2 fully saturated rings. The Bertz CT molecular complexity index is 769. The van der Waals surface area contributed by atoms with Gasteiger partial charge in [-0.05, 0) is 36.8 Å². The van der Waals surface area contributed by atoms with Crippen LogP contribution >= 0.6 is 0 Å². The Hall–Kier alpha value is -2.62. The number of aliphatic carboxylic acids is 1. The minimum Gasteiger partial charge on any atom is -0.481 e. The second-order valence-corrected chi connectivity index (χ2v) is 7.27. The van der Waals surface area contributed by atoms with Crippen molar-refractivity contribution in [1.82, 2.24) is 0 Å². The Labute approximate surface area is 153 Å². The highest BCUT2D eigenvalue weighted by molar-refractivity contribution is 5.80. The molecule has 0 radical (unpaired) electrons. The molecule has 0 spiro atoms. The highest BCUT2D eigenvalue weighted by atomic mass is 16.5. The molecule has 2 aliphatic carbocycles. The van der Waals surface area contributed by atoms with E-state index < -0.39 is 11.4 Å². The van der Waals surface area contributed by atoms with Crippen LogP contribution < -0.4 is 0 Å². The number of hydrogen-bond donors (Lipinski definition) is 1. The van der Waals surface area contributed by atoms with Crippen LogP contribution in [0.25, 0.3) is 0 Å². The van der Waals surface area contributed by atoms with Gasteiger partial charge in [-0.2, -0.15) is 0 Å². The lowest BCUT2D eigenvalue weighted by molar-refractivity contribution is -0.143. The molecule has 4 heteroatoms. The number of carboxylic acid groups (broad SMARTS) is 1. The molecule has 136 valence electrons. The standard InChI is InChI=1S/2C11H12O2/c1-11(10(12)13)7-9(11)8-5-3-2-4-6-8;1-13-11(12)10-7-9(10)8-5-3-2-4-6-8/h2-6,9H,7H2,1H3,(H,12,13);2-6,9-10H,7H2,1H3/t9-,11-;9-,10+/m01/s1. The zero-order chi connectivity index (χ0) is 18.7. The van der Waals surface area contributed by atoms with E-state index in [0.29, 0.717) is 5.92 Å². The number of hydrogen-bond acceptors (Lipinski definition) is 3. The molecule has 0 saturated heterocycles. The summed E-state index contributed by atoms with van der Waals surface area (Å²) in [6.45, 7) is 1.81. The monoisotopic (exact) mass is 352 g/mol. The van der Waals surface area contributed by atoms with Crippen molar-refractivity contribution in [2.24, 2.45) is 11.3 Å². The molecule has 2 aromatic rings. The van der Waals surface area contributed by atoms with E-state index in [9.17, 15) is 9.59 Å². The van der Waals surface area contributed by atoms with Crippen LogP contribution in [0.4, 0.5) is 0 Å². The normalized spacial score (nSPS) is 28.3. The molecule has 4 nitrogen and oxygen atoms in total. The summed E-state index contributed by atoms with van der Waals surface area (Å²) >= 11 is 0. The van der Waals surface area contributed by atoms with E-state index >= 15 is 0 Å². The minimum atomic E-state index is -0.679. The topological polar surface area (TPSA) is 63.6 Å². The van der Waals surface area contributed by atoms with Gasteiger partial charge in [0.1, 0.15) is 0 Å². The Balaban J connectivity index is 0.000000151. The first-order valence-corrected chi connectivity index (χ1v) is 8.88. The van der Waals surface area contributed by atoms with Crippen LogP contribution in [-0.2, 0) is 14.3 Å². The van der Waals surface area contributed by atoms with Crippen LogP contribution in [0, 0.1) is 11.3 Å². The van der Waals surface area contributed by atoms with Gasteiger partial charge in [-0.25, -0.2) is 0 Å². The molecule has 0 aliphatic heterocycles. The lowest BCUT2D eigenvalue weighted by Gasteiger charge is -2.04. The van der Waals surface area contributed by atoms with Gasteiger partial charge in [0, 0.05) is 5.92 Å². The SMILES string of the molecule is COC(=O)[C@H]1C[C@@H]1c1ccccc1.C[C@]1(C(=O)O)C[C@H]1c1ccccc1. The van der Waals surface area contributed by atoms with E-state index in [1.54, 1.807) is 0 Å². The van der Waals surface area contributed by atoms with Crippen molar-refractivity contribution >= 4 is 11.9 Å². The molecule has 0 heterocycles. The molecule has 4 atom stereocenters. The lowest BCUT2D eigenvalue weighted by atomic mass is 10.0. The van der Waals surface area contributed by atoms with Crippen molar-refractivity contribution in [1.29, 1.82) is 0 Å². The third-order valence-electron chi connectivity index (χ3n) is 5.45. The average molecular weight is 352 g/mol. The number of rotatable bonds is 4. The fraction of sp³-hybridized carbons (Fsp3) is 0.364. The summed E-state index contributed by atoms with van der Waals surface area (Å²) in [6, 6.07) is 20.0. The van der Waals surface area contributed by atoms with Crippen molar-refractivity contribution < 1.29 is 19.4 Å². The van der Waals surface area contributed by atoms with Gasteiger partial charge in [0.2, 0.25) is 0 Å². The van der Waals surface area contributed by atoms with Crippen LogP contribution in [0.5, 0.6) is 0 Å². The van der Waals surface area contributed by atoms with Gasteiger partial charge in [0.05, 0.1) is 18.4 Å². The van der Waals surface area contributed by atoms with E-state index in [2.05, 4.69) is 16.9 Å². The highest BCUT2D eigenvalue weighted by Gasteiger charge is 2.56. The Morgan fingerprint density at radius 2 is 1.54 bits per heavy atom. The summed E-state index contributed by atoms with van der Waals surface area (Å²) in [6.07, 6.45) is 1.71. The molecule has 2 aliphatic rings. The first-order valence-electron chi connectivity index (χ1n) is 8.88. The number of carbonyl (C=O) groups excluding carboxylic acids is 1. The van der Waals surface area contributed by atoms with Gasteiger partial charge in [-0.3, -0.25) is 9.59 Å². The zero-order valence-electron chi connectivity index (χ0n) is 15.1. The molecule has 0 aromatic heterocycles. The van der Waals surface area contributed by atoms with Crippen molar-refractivity contribution in [2.75, 3.05) is 7.11 Å². The molecule has 2 saturated carbocycles. The van der Waals surface area contributed by atoms with E-state index in [1.165, 1.54) is 12.7 Å². The lowest BCUT2D eigenvalue weighted by Crippen LogP contribution is -2.12. The maximum absolute atomic E-state index is 11.1. The van der Waals surface area contributed by atoms with Crippen molar-refractivity contribution in [3.05, 3.63) is 71.8 Å². The van der Waals surface area contributed by atoms with Crippen LogP contribution in [0.1, 0.15) is 42.7 Å².